The van der Waals surface area contributed by atoms with Crippen molar-refractivity contribution < 1.29 is 0 Å². The smallest absolute Gasteiger partial charge is 0.0713 e. The van der Waals surface area contributed by atoms with Gasteiger partial charge in [0.25, 0.3) is 0 Å². The molecular formula is C111H80N2. The zero-order valence-electron chi connectivity index (χ0n) is 63.1. The molecule has 0 heterocycles. The zero-order chi connectivity index (χ0) is 75.5. The zero-order valence-corrected chi connectivity index (χ0v) is 63.1. The summed E-state index contributed by atoms with van der Waals surface area (Å²) in [7, 11) is 0. The minimum atomic E-state index is -0.397. The highest BCUT2D eigenvalue weighted by atomic mass is 15.1. The van der Waals surface area contributed by atoms with Crippen LogP contribution < -0.4 is 9.80 Å². The van der Waals surface area contributed by atoms with Gasteiger partial charge in [-0.05, 0) is 223 Å². The largest absolute Gasteiger partial charge is 0.311 e. The molecule has 0 saturated heterocycles. The van der Waals surface area contributed by atoms with Gasteiger partial charge in [0.15, 0.2) is 0 Å². The third kappa shape index (κ3) is 11.6. The summed E-state index contributed by atoms with van der Waals surface area (Å²) in [5.74, 6) is 0. The van der Waals surface area contributed by atoms with Gasteiger partial charge in [0.05, 0.1) is 10.8 Å². The number of anilines is 6. The molecule has 18 aromatic rings. The maximum atomic E-state index is 2.40. The highest BCUT2D eigenvalue weighted by Gasteiger charge is 2.47. The van der Waals surface area contributed by atoms with Crippen molar-refractivity contribution in [1.29, 1.82) is 0 Å². The van der Waals surface area contributed by atoms with Crippen LogP contribution in [-0.2, 0) is 16.2 Å². The first kappa shape index (κ1) is 68.1. The van der Waals surface area contributed by atoms with E-state index in [4.69, 9.17) is 0 Å². The molecule has 0 amide bonds. The average molecular weight is 1440 g/mol. The highest BCUT2D eigenvalue weighted by molar-refractivity contribution is 5.98. The van der Waals surface area contributed by atoms with E-state index in [1.54, 1.807) is 0 Å². The van der Waals surface area contributed by atoms with Crippen LogP contribution in [-0.4, -0.2) is 0 Å². The van der Waals surface area contributed by atoms with Crippen molar-refractivity contribution in [2.24, 2.45) is 0 Å². The number of nitrogens with zero attached hydrogens (tertiary/aromatic N) is 2. The van der Waals surface area contributed by atoms with E-state index in [1.807, 2.05) is 0 Å². The van der Waals surface area contributed by atoms with Crippen molar-refractivity contribution in [3.05, 3.63) is 505 Å². The van der Waals surface area contributed by atoms with Crippen LogP contribution in [0.4, 0.5) is 34.1 Å². The second kappa shape index (κ2) is 28.4. The molecule has 3 aliphatic carbocycles. The monoisotopic (exact) mass is 1440 g/mol. The number of rotatable bonds is 14. The molecule has 3 aliphatic rings. The lowest BCUT2D eigenvalue weighted by atomic mass is 9.67. The second-order valence-electron chi connectivity index (χ2n) is 30.6. The molecule has 0 unspecified atom stereocenters. The summed E-state index contributed by atoms with van der Waals surface area (Å²) >= 11 is 0. The fourth-order valence-electron chi connectivity index (χ4n) is 18.9. The summed E-state index contributed by atoms with van der Waals surface area (Å²) in [4.78, 5) is 4.68. The lowest BCUT2D eigenvalue weighted by Crippen LogP contribution is -2.28. The first-order chi connectivity index (χ1) is 55.8. The van der Waals surface area contributed by atoms with Gasteiger partial charge in [-0.15, -0.1) is 0 Å². The quantitative estimate of drug-likeness (QED) is 0.107. The molecule has 2 nitrogen and oxygen atoms in total. The van der Waals surface area contributed by atoms with E-state index in [1.165, 1.54) is 144 Å². The van der Waals surface area contributed by atoms with Crippen LogP contribution in [0.15, 0.2) is 449 Å². The molecule has 0 aliphatic heterocycles. The van der Waals surface area contributed by atoms with Crippen LogP contribution in [0.1, 0.15) is 69.5 Å². The van der Waals surface area contributed by atoms with Gasteiger partial charge in [0.2, 0.25) is 0 Å². The lowest BCUT2D eigenvalue weighted by molar-refractivity contribution is 0.660. The lowest BCUT2D eigenvalue weighted by Gasteiger charge is -2.34. The van der Waals surface area contributed by atoms with Crippen molar-refractivity contribution >= 4 is 44.9 Å². The van der Waals surface area contributed by atoms with Crippen LogP contribution in [0, 0.1) is 0 Å². The third-order valence-corrected chi connectivity index (χ3v) is 24.2. The van der Waals surface area contributed by atoms with Crippen LogP contribution in [0.25, 0.3) is 88.7 Å². The van der Waals surface area contributed by atoms with Gasteiger partial charge in [0.1, 0.15) is 0 Å². The van der Waals surface area contributed by atoms with E-state index >= 15 is 0 Å². The van der Waals surface area contributed by atoms with Crippen LogP contribution in [0.5, 0.6) is 0 Å². The Bertz CT molecular complexity index is 6410. The van der Waals surface area contributed by atoms with E-state index in [9.17, 15) is 0 Å². The van der Waals surface area contributed by atoms with Gasteiger partial charge in [0, 0.05) is 39.5 Å². The maximum Gasteiger partial charge on any atom is 0.0713 e. The summed E-state index contributed by atoms with van der Waals surface area (Å²) in [6.07, 6.45) is 0. The van der Waals surface area contributed by atoms with E-state index in [0.717, 1.165) is 34.1 Å². The molecule has 0 N–H and O–H groups in total. The Morgan fingerprint density at radius 2 is 0.425 bits per heavy atom. The molecule has 21 rings (SSSR count). The summed E-state index contributed by atoms with van der Waals surface area (Å²) in [5.41, 5.74) is 36.7. The topological polar surface area (TPSA) is 6.48 Å². The minimum Gasteiger partial charge on any atom is -0.311 e. The Morgan fingerprint density at radius 1 is 0.168 bits per heavy atom. The van der Waals surface area contributed by atoms with Gasteiger partial charge in [-0.3, -0.25) is 0 Å². The standard InChI is InChI=1S/C58H43N.C53H37N/c1-57(2)53-22-12-9-19-49(53)52-38-31-43(39-56(52)57)42-29-36-48(37-30-42)59(46-17-7-4-8-18-46)47-34-27-41(28-35-47)40-25-32-45(33-26-40)58(44-15-5-3-6-16-44)54-23-13-10-20-50(54)51-21-11-14-24-55(51)58;1-3-16-42(17-4-1)53(51-24-11-9-21-49(51)50-22-10-12-25-52(50)53)43-32-26-38(27-33-43)39-28-34-45(35-29-39)54(44-18-5-2-6-19-44)46-36-30-41(31-37-46)48-23-13-15-40-14-7-8-20-47(40)48/h3-39H,1-2H3;1-37H. The van der Waals surface area contributed by atoms with Crippen molar-refractivity contribution in [1.82, 2.24) is 0 Å². The Hall–Kier alpha value is -14.2. The number of hydrogen-bond donors (Lipinski definition) is 0. The summed E-state index contributed by atoms with van der Waals surface area (Å²) in [5, 5.41) is 2.52. The number of fused-ring (bicyclic) bond motifs is 10. The summed E-state index contributed by atoms with van der Waals surface area (Å²) in [6, 6.07) is 164. The van der Waals surface area contributed by atoms with Gasteiger partial charge in [-0.25, -0.2) is 0 Å². The Morgan fingerprint density at radius 3 is 0.823 bits per heavy atom. The van der Waals surface area contributed by atoms with Crippen LogP contribution >= 0.6 is 0 Å². The fraction of sp³-hybridized carbons (Fsp3) is 0.0450. The average Bonchev–Trinajstić information content (AvgIpc) is 1.55. The Kier molecular flexibility index (Phi) is 17.1. The van der Waals surface area contributed by atoms with Crippen LogP contribution in [0.3, 0.4) is 0 Å². The van der Waals surface area contributed by atoms with Crippen molar-refractivity contribution in [3.8, 4) is 77.9 Å². The summed E-state index contributed by atoms with van der Waals surface area (Å²) < 4.78 is 0. The Balaban J connectivity index is 0.000000147. The molecule has 0 bridgehead atoms. The van der Waals surface area contributed by atoms with Gasteiger partial charge < -0.3 is 9.80 Å². The second-order valence-corrected chi connectivity index (χ2v) is 30.6. The highest BCUT2D eigenvalue weighted by Crippen LogP contribution is 2.59. The van der Waals surface area contributed by atoms with Crippen molar-refractivity contribution in [3.63, 3.8) is 0 Å². The molecule has 0 atom stereocenters. The SMILES string of the molecule is CC1(C)c2ccccc2-c2ccc(-c3ccc(N(c4ccccc4)c4ccc(-c5ccc(C6(c7ccccc7)c7ccccc7-c7ccccc76)cc5)cc4)cc3)cc21.c1ccc(N(c2ccc(-c3ccc(C4(c5ccccc5)c5ccccc5-c5ccccc54)cc3)cc2)c2ccc(-c3cccc4ccccc34)cc2)cc1. The minimum absolute atomic E-state index is 0.0288. The van der Waals surface area contributed by atoms with Crippen molar-refractivity contribution in [2.75, 3.05) is 9.80 Å². The van der Waals surface area contributed by atoms with E-state index < -0.39 is 10.8 Å². The molecule has 2 heteroatoms. The molecule has 0 fully saturated rings. The van der Waals surface area contributed by atoms with E-state index in [0.29, 0.717) is 0 Å². The maximum absolute atomic E-state index is 2.40. The molecular weight excluding hydrogens is 1360 g/mol. The fourth-order valence-corrected chi connectivity index (χ4v) is 18.9. The molecule has 0 radical (unpaired) electrons. The third-order valence-electron chi connectivity index (χ3n) is 24.2. The first-order valence-corrected chi connectivity index (χ1v) is 39.4. The molecule has 534 valence electrons. The molecule has 0 saturated carbocycles. The predicted octanol–water partition coefficient (Wildman–Crippen LogP) is 29.2. The van der Waals surface area contributed by atoms with Gasteiger partial charge >= 0.3 is 0 Å². The Labute approximate surface area is 662 Å². The number of hydrogen-bond acceptors (Lipinski definition) is 2. The normalized spacial score (nSPS) is 13.3. The molecule has 0 spiro atoms. The molecule has 0 aromatic heterocycles. The van der Waals surface area contributed by atoms with E-state index in [-0.39, 0.29) is 5.41 Å². The predicted molar refractivity (Wildman–Crippen MR) is 474 cm³/mol. The van der Waals surface area contributed by atoms with E-state index in [2.05, 4.69) is 473 Å². The van der Waals surface area contributed by atoms with Crippen LogP contribution in [0.2, 0.25) is 0 Å². The van der Waals surface area contributed by atoms with Gasteiger partial charge in [-0.1, -0.05) is 384 Å². The molecule has 18 aromatic carbocycles. The number of benzene rings is 18. The summed E-state index contributed by atoms with van der Waals surface area (Å²) in [6.45, 7) is 4.69. The van der Waals surface area contributed by atoms with Gasteiger partial charge in [-0.2, -0.15) is 0 Å². The number of para-hydroxylation sites is 2. The molecule has 113 heavy (non-hydrogen) atoms. The first-order valence-electron chi connectivity index (χ1n) is 39.4. The van der Waals surface area contributed by atoms with Crippen molar-refractivity contribution in [2.45, 2.75) is 30.1 Å².